The molecule has 1 heterocycles. The largest absolute Gasteiger partial charge is 0.464 e. The highest BCUT2D eigenvalue weighted by atomic mass is 16.6. The van der Waals surface area contributed by atoms with Gasteiger partial charge in [0.1, 0.15) is 11.6 Å². The number of nitriles is 1. The van der Waals surface area contributed by atoms with Crippen LogP contribution in [0.3, 0.4) is 0 Å². The van der Waals surface area contributed by atoms with E-state index in [1.54, 1.807) is 32.9 Å². The number of hydrogen-bond donors (Lipinski definition) is 0. The molecule has 5 rings (SSSR count). The molecule has 6 heteroatoms. The van der Waals surface area contributed by atoms with Gasteiger partial charge in [-0.25, -0.2) is 9.78 Å². The second-order valence-corrected chi connectivity index (χ2v) is 10.5. The summed E-state index contributed by atoms with van der Waals surface area (Å²) in [4.78, 5) is 17.8. The molecule has 0 N–H and O–H groups in total. The Balaban J connectivity index is 1.71. The molecule has 0 amide bonds. The van der Waals surface area contributed by atoms with Crippen molar-refractivity contribution in [1.82, 2.24) is 9.55 Å². The molecule has 210 valence electrons. The second kappa shape index (κ2) is 12.3. The van der Waals surface area contributed by atoms with Gasteiger partial charge in [-0.05, 0) is 55.2 Å². The maximum absolute atomic E-state index is 12.9. The van der Waals surface area contributed by atoms with E-state index in [4.69, 9.17) is 14.5 Å². The van der Waals surface area contributed by atoms with Crippen LogP contribution < -0.4 is 0 Å². The molecule has 0 radical (unpaired) electrons. The number of aromatic nitrogens is 2. The Hall–Kier alpha value is -4.99. The third-order valence-corrected chi connectivity index (χ3v) is 7.36. The molecule has 0 aliphatic rings. The molecule has 0 aliphatic carbocycles. The molecule has 0 fully saturated rings. The zero-order valence-corrected chi connectivity index (χ0v) is 24.0. The van der Waals surface area contributed by atoms with Crippen LogP contribution in [0.15, 0.2) is 128 Å². The first kappa shape index (κ1) is 28.5. The fourth-order valence-corrected chi connectivity index (χ4v) is 5.32. The first-order valence-electron chi connectivity index (χ1n) is 14.0. The number of nitrogens with zero attached hydrogens (tertiary/aromatic N) is 3. The Bertz CT molecular complexity index is 1560. The van der Waals surface area contributed by atoms with Crippen LogP contribution in [0.1, 0.15) is 60.4 Å². The molecule has 42 heavy (non-hydrogen) atoms. The van der Waals surface area contributed by atoms with Gasteiger partial charge in [-0.2, -0.15) is 5.26 Å². The van der Waals surface area contributed by atoms with Gasteiger partial charge >= 0.3 is 5.97 Å². The van der Waals surface area contributed by atoms with Crippen LogP contribution in [-0.4, -0.2) is 27.7 Å². The molecule has 6 nitrogen and oxygen atoms in total. The highest BCUT2D eigenvalue weighted by Crippen LogP contribution is 2.42. The van der Waals surface area contributed by atoms with Crippen LogP contribution >= 0.6 is 0 Å². The lowest BCUT2D eigenvalue weighted by atomic mass is 9.77. The Morgan fingerprint density at radius 1 is 0.833 bits per heavy atom. The van der Waals surface area contributed by atoms with Gasteiger partial charge < -0.3 is 14.0 Å². The van der Waals surface area contributed by atoms with Crippen LogP contribution in [-0.2, 0) is 19.8 Å². The summed E-state index contributed by atoms with van der Waals surface area (Å²) >= 11 is 0. The van der Waals surface area contributed by atoms with Crippen molar-refractivity contribution >= 4 is 5.97 Å². The van der Waals surface area contributed by atoms with Gasteiger partial charge in [0.15, 0.2) is 5.60 Å². The zero-order chi connectivity index (χ0) is 29.6. The number of benzene rings is 4. The van der Waals surface area contributed by atoms with Crippen molar-refractivity contribution in [1.29, 1.82) is 5.26 Å². The van der Waals surface area contributed by atoms with Crippen LogP contribution in [0.5, 0.6) is 0 Å². The fourth-order valence-electron chi connectivity index (χ4n) is 5.32. The molecule has 0 aliphatic heterocycles. The van der Waals surface area contributed by atoms with Crippen LogP contribution in [0, 0.1) is 11.3 Å². The maximum Gasteiger partial charge on any atom is 0.337 e. The third kappa shape index (κ3) is 5.47. The van der Waals surface area contributed by atoms with E-state index in [1.807, 2.05) is 79.3 Å². The van der Waals surface area contributed by atoms with Gasteiger partial charge in [-0.3, -0.25) is 0 Å². The summed E-state index contributed by atoms with van der Waals surface area (Å²) in [7, 11) is 0. The SMILES string of the molecule is CCOC(=O)C(C)(C)OC(c1ccc(C#N)cc1)c1cn(C(c2ccccc2)(c2ccccc2)c2ccccc2)cn1. The van der Waals surface area contributed by atoms with E-state index in [9.17, 15) is 10.1 Å². The summed E-state index contributed by atoms with van der Waals surface area (Å²) in [6.45, 7) is 5.40. The standard InChI is InChI=1S/C36H33N3O3/c1-4-41-34(40)35(2,3)42-33(28-22-20-27(24-37)21-23-28)32-25-39(26-38-32)36(29-14-8-5-9-15-29,30-16-10-6-11-17-30)31-18-12-7-13-19-31/h5-23,25-26,33H,4H2,1-3H3. The molecular formula is C36H33N3O3. The molecule has 1 unspecified atom stereocenters. The fraction of sp³-hybridized carbons (Fsp3) is 0.194. The summed E-state index contributed by atoms with van der Waals surface area (Å²) < 4.78 is 13.9. The number of esters is 1. The Labute approximate surface area is 246 Å². The Morgan fingerprint density at radius 3 is 1.79 bits per heavy atom. The van der Waals surface area contributed by atoms with Gasteiger partial charge in [0.2, 0.25) is 0 Å². The van der Waals surface area contributed by atoms with E-state index in [1.165, 1.54) is 0 Å². The van der Waals surface area contributed by atoms with E-state index in [0.717, 1.165) is 22.3 Å². The molecule has 1 aromatic heterocycles. The predicted octanol–water partition coefficient (Wildman–Crippen LogP) is 7.04. The smallest absolute Gasteiger partial charge is 0.337 e. The minimum Gasteiger partial charge on any atom is -0.464 e. The number of ether oxygens (including phenoxy) is 2. The first-order chi connectivity index (χ1) is 20.4. The van der Waals surface area contributed by atoms with Crippen molar-refractivity contribution in [2.24, 2.45) is 0 Å². The van der Waals surface area contributed by atoms with Gasteiger partial charge in [-0.1, -0.05) is 103 Å². The van der Waals surface area contributed by atoms with Crippen molar-refractivity contribution in [3.8, 4) is 6.07 Å². The minimum atomic E-state index is -1.26. The molecule has 0 spiro atoms. The van der Waals surface area contributed by atoms with Crippen molar-refractivity contribution in [2.45, 2.75) is 38.0 Å². The topological polar surface area (TPSA) is 77.1 Å². The van der Waals surface area contributed by atoms with Crippen LogP contribution in [0.25, 0.3) is 0 Å². The quantitative estimate of drug-likeness (QED) is 0.136. The normalized spacial score (nSPS) is 12.3. The van der Waals surface area contributed by atoms with E-state index < -0.39 is 23.2 Å². The molecule has 1 atom stereocenters. The summed E-state index contributed by atoms with van der Waals surface area (Å²) in [5.41, 5.74) is 3.10. The highest BCUT2D eigenvalue weighted by Gasteiger charge is 2.40. The average Bonchev–Trinajstić information content (AvgIpc) is 3.52. The maximum atomic E-state index is 12.9. The van der Waals surface area contributed by atoms with Gasteiger partial charge in [0.05, 0.1) is 30.3 Å². The molecular weight excluding hydrogens is 522 g/mol. The van der Waals surface area contributed by atoms with Crippen molar-refractivity contribution in [3.63, 3.8) is 0 Å². The molecule has 0 saturated heterocycles. The number of imidazole rings is 1. The summed E-state index contributed by atoms with van der Waals surface area (Å²) in [6, 6.07) is 40.3. The van der Waals surface area contributed by atoms with Crippen molar-refractivity contribution < 1.29 is 14.3 Å². The molecule has 0 bridgehead atoms. The van der Waals surface area contributed by atoms with Gasteiger partial charge in [-0.15, -0.1) is 0 Å². The number of carbonyl (C=O) groups is 1. The van der Waals surface area contributed by atoms with Crippen molar-refractivity contribution in [3.05, 3.63) is 161 Å². The molecule has 4 aromatic carbocycles. The van der Waals surface area contributed by atoms with E-state index in [2.05, 4.69) is 47.0 Å². The number of carbonyl (C=O) groups excluding carboxylic acids is 1. The second-order valence-electron chi connectivity index (χ2n) is 10.5. The molecule has 5 aromatic rings. The predicted molar refractivity (Wildman–Crippen MR) is 162 cm³/mol. The summed E-state index contributed by atoms with van der Waals surface area (Å²) in [5, 5.41) is 9.36. The minimum absolute atomic E-state index is 0.246. The average molecular weight is 556 g/mol. The lowest BCUT2D eigenvalue weighted by Gasteiger charge is -2.37. The third-order valence-electron chi connectivity index (χ3n) is 7.36. The van der Waals surface area contributed by atoms with Crippen LogP contribution in [0.2, 0.25) is 0 Å². The van der Waals surface area contributed by atoms with E-state index >= 15 is 0 Å². The summed E-state index contributed by atoms with van der Waals surface area (Å²) in [6.07, 6.45) is 3.09. The van der Waals surface area contributed by atoms with E-state index in [0.29, 0.717) is 11.3 Å². The van der Waals surface area contributed by atoms with Gasteiger partial charge in [0, 0.05) is 6.20 Å². The zero-order valence-electron chi connectivity index (χ0n) is 24.0. The monoisotopic (exact) mass is 555 g/mol. The molecule has 0 saturated carbocycles. The Morgan fingerprint density at radius 2 is 1.33 bits per heavy atom. The number of hydrogen-bond acceptors (Lipinski definition) is 5. The first-order valence-corrected chi connectivity index (χ1v) is 14.0. The summed E-state index contributed by atoms with van der Waals surface area (Å²) in [5.74, 6) is -0.463. The number of rotatable bonds is 10. The van der Waals surface area contributed by atoms with Gasteiger partial charge in [0.25, 0.3) is 0 Å². The lowest BCUT2D eigenvalue weighted by molar-refractivity contribution is -0.172. The van der Waals surface area contributed by atoms with Crippen molar-refractivity contribution in [2.75, 3.05) is 6.61 Å². The lowest BCUT2D eigenvalue weighted by Crippen LogP contribution is -2.38. The highest BCUT2D eigenvalue weighted by molar-refractivity contribution is 5.78. The van der Waals surface area contributed by atoms with E-state index in [-0.39, 0.29) is 6.61 Å². The Kier molecular flexibility index (Phi) is 8.33. The van der Waals surface area contributed by atoms with Crippen LogP contribution in [0.4, 0.5) is 0 Å².